The average molecular weight is 236 g/mol. The van der Waals surface area contributed by atoms with Crippen LogP contribution in [-0.2, 0) is 16.0 Å². The summed E-state index contributed by atoms with van der Waals surface area (Å²) in [5.74, 6) is -0.342. The molecule has 0 aromatic heterocycles. The number of esters is 1. The highest BCUT2D eigenvalue weighted by Crippen LogP contribution is 2.18. The second kappa shape index (κ2) is 6.40. The molecule has 0 aliphatic heterocycles. The third-order valence-electron chi connectivity index (χ3n) is 2.63. The minimum atomic E-state index is -0.998. The van der Waals surface area contributed by atoms with E-state index >= 15 is 0 Å². The number of hydrogen-bond acceptors (Lipinski definition) is 3. The van der Waals surface area contributed by atoms with E-state index in [4.69, 9.17) is 4.74 Å². The van der Waals surface area contributed by atoms with Crippen molar-refractivity contribution in [2.75, 3.05) is 6.61 Å². The second-order valence-corrected chi connectivity index (χ2v) is 4.46. The molecule has 3 nitrogen and oxygen atoms in total. The molecule has 0 heterocycles. The molecule has 0 radical (unpaired) electrons. The van der Waals surface area contributed by atoms with Crippen LogP contribution in [0.25, 0.3) is 0 Å². The van der Waals surface area contributed by atoms with Gasteiger partial charge >= 0.3 is 5.97 Å². The molecule has 1 aromatic rings. The number of rotatable bonds is 6. The van der Waals surface area contributed by atoms with E-state index in [0.717, 1.165) is 12.0 Å². The Morgan fingerprint density at radius 2 is 2.00 bits per heavy atom. The molecule has 1 rings (SSSR count). The van der Waals surface area contributed by atoms with Crippen LogP contribution in [0.1, 0.15) is 32.3 Å². The van der Waals surface area contributed by atoms with E-state index in [1.165, 1.54) is 0 Å². The Bertz CT molecular complexity index is 344. The summed E-state index contributed by atoms with van der Waals surface area (Å²) in [4.78, 5) is 11.3. The number of aliphatic hydroxyl groups is 1. The lowest BCUT2D eigenvalue weighted by Crippen LogP contribution is -2.29. The van der Waals surface area contributed by atoms with Crippen molar-refractivity contribution in [3.63, 3.8) is 0 Å². The largest absolute Gasteiger partial charge is 0.466 e. The standard InChI is InChI=1S/C14H20O3/c1-3-17-13(15)11-14(2,16)10-9-12-7-5-4-6-8-12/h4-8,16H,3,9-11H2,1-2H3/t14-/m1/s1. The van der Waals surface area contributed by atoms with Crippen LogP contribution in [0.4, 0.5) is 0 Å². The Labute approximate surface area is 102 Å². The van der Waals surface area contributed by atoms with Gasteiger partial charge < -0.3 is 9.84 Å². The van der Waals surface area contributed by atoms with Crippen LogP contribution in [0.3, 0.4) is 0 Å². The Hall–Kier alpha value is -1.35. The molecule has 1 atom stereocenters. The van der Waals surface area contributed by atoms with Crippen LogP contribution in [0.15, 0.2) is 30.3 Å². The molecular formula is C14H20O3. The molecule has 3 heteroatoms. The first-order valence-electron chi connectivity index (χ1n) is 5.95. The molecule has 0 bridgehead atoms. The summed E-state index contributed by atoms with van der Waals surface area (Å²) in [5.41, 5.74) is 0.166. The first kappa shape index (κ1) is 13.7. The molecule has 17 heavy (non-hydrogen) atoms. The quantitative estimate of drug-likeness (QED) is 0.771. The van der Waals surface area contributed by atoms with Crippen LogP contribution < -0.4 is 0 Å². The lowest BCUT2D eigenvalue weighted by Gasteiger charge is -2.22. The van der Waals surface area contributed by atoms with E-state index in [9.17, 15) is 9.90 Å². The summed E-state index contributed by atoms with van der Waals surface area (Å²) in [7, 11) is 0. The molecule has 0 aliphatic rings. The van der Waals surface area contributed by atoms with E-state index < -0.39 is 5.60 Å². The van der Waals surface area contributed by atoms with Gasteiger partial charge in [0.1, 0.15) is 0 Å². The van der Waals surface area contributed by atoms with Crippen LogP contribution >= 0.6 is 0 Å². The van der Waals surface area contributed by atoms with Crippen molar-refractivity contribution in [2.45, 2.75) is 38.7 Å². The van der Waals surface area contributed by atoms with Gasteiger partial charge in [-0.3, -0.25) is 4.79 Å². The molecule has 1 N–H and O–H groups in total. The maximum absolute atomic E-state index is 11.3. The normalized spacial score (nSPS) is 14.1. The molecule has 0 amide bonds. The van der Waals surface area contributed by atoms with Crippen molar-refractivity contribution in [3.05, 3.63) is 35.9 Å². The Kier molecular flexibility index (Phi) is 5.16. The Balaban J connectivity index is 2.41. The molecule has 0 aliphatic carbocycles. The van der Waals surface area contributed by atoms with Gasteiger partial charge in [0, 0.05) is 0 Å². The third-order valence-corrected chi connectivity index (χ3v) is 2.63. The second-order valence-electron chi connectivity index (χ2n) is 4.46. The Morgan fingerprint density at radius 3 is 2.59 bits per heavy atom. The zero-order valence-corrected chi connectivity index (χ0v) is 10.5. The van der Waals surface area contributed by atoms with Crippen LogP contribution in [0, 0.1) is 0 Å². The zero-order valence-electron chi connectivity index (χ0n) is 10.5. The van der Waals surface area contributed by atoms with Crippen LogP contribution in [0.2, 0.25) is 0 Å². The Morgan fingerprint density at radius 1 is 1.35 bits per heavy atom. The summed E-state index contributed by atoms with van der Waals surface area (Å²) >= 11 is 0. The number of carbonyl (C=O) groups excluding carboxylic acids is 1. The molecule has 0 saturated carbocycles. The number of ether oxygens (including phenoxy) is 1. The maximum Gasteiger partial charge on any atom is 0.308 e. The van der Waals surface area contributed by atoms with Crippen molar-refractivity contribution in [1.29, 1.82) is 0 Å². The third kappa shape index (κ3) is 5.50. The van der Waals surface area contributed by atoms with E-state index in [1.807, 2.05) is 30.3 Å². The molecule has 0 spiro atoms. The predicted molar refractivity (Wildman–Crippen MR) is 66.6 cm³/mol. The lowest BCUT2D eigenvalue weighted by atomic mass is 9.94. The van der Waals surface area contributed by atoms with Gasteiger partial charge in [-0.05, 0) is 32.3 Å². The van der Waals surface area contributed by atoms with E-state index in [2.05, 4.69) is 0 Å². The molecular weight excluding hydrogens is 216 g/mol. The van der Waals surface area contributed by atoms with Gasteiger partial charge in [0.05, 0.1) is 18.6 Å². The highest BCUT2D eigenvalue weighted by atomic mass is 16.5. The smallest absolute Gasteiger partial charge is 0.308 e. The van der Waals surface area contributed by atoms with Gasteiger partial charge in [0.25, 0.3) is 0 Å². The predicted octanol–water partition coefficient (Wildman–Crippen LogP) is 2.32. The number of benzene rings is 1. The number of hydrogen-bond donors (Lipinski definition) is 1. The first-order chi connectivity index (χ1) is 8.03. The summed E-state index contributed by atoms with van der Waals surface area (Å²) in [6.07, 6.45) is 1.36. The van der Waals surface area contributed by atoms with Crippen molar-refractivity contribution < 1.29 is 14.6 Å². The molecule has 0 fully saturated rings. The fourth-order valence-electron chi connectivity index (χ4n) is 1.67. The first-order valence-corrected chi connectivity index (χ1v) is 5.95. The fourth-order valence-corrected chi connectivity index (χ4v) is 1.67. The topological polar surface area (TPSA) is 46.5 Å². The maximum atomic E-state index is 11.3. The molecule has 0 unspecified atom stereocenters. The summed E-state index contributed by atoms with van der Waals surface area (Å²) in [6.45, 7) is 3.79. The number of aryl methyl sites for hydroxylation is 1. The summed E-state index contributed by atoms with van der Waals surface area (Å²) < 4.78 is 4.83. The minimum absolute atomic E-state index is 0.0493. The van der Waals surface area contributed by atoms with Gasteiger partial charge in [-0.25, -0.2) is 0 Å². The minimum Gasteiger partial charge on any atom is -0.466 e. The van der Waals surface area contributed by atoms with E-state index in [-0.39, 0.29) is 12.4 Å². The van der Waals surface area contributed by atoms with Crippen LogP contribution in [0.5, 0.6) is 0 Å². The van der Waals surface area contributed by atoms with Crippen LogP contribution in [-0.4, -0.2) is 23.3 Å². The van der Waals surface area contributed by atoms with Crippen molar-refractivity contribution in [1.82, 2.24) is 0 Å². The molecule has 0 saturated heterocycles. The van der Waals surface area contributed by atoms with Crippen molar-refractivity contribution >= 4 is 5.97 Å². The fraction of sp³-hybridized carbons (Fsp3) is 0.500. The van der Waals surface area contributed by atoms with E-state index in [1.54, 1.807) is 13.8 Å². The van der Waals surface area contributed by atoms with Gasteiger partial charge in [-0.1, -0.05) is 30.3 Å². The summed E-state index contributed by atoms with van der Waals surface area (Å²) in [5, 5.41) is 10.1. The van der Waals surface area contributed by atoms with Gasteiger partial charge in [0.2, 0.25) is 0 Å². The van der Waals surface area contributed by atoms with Gasteiger partial charge in [-0.15, -0.1) is 0 Å². The van der Waals surface area contributed by atoms with E-state index in [0.29, 0.717) is 13.0 Å². The summed E-state index contributed by atoms with van der Waals surface area (Å²) in [6, 6.07) is 9.92. The molecule has 94 valence electrons. The zero-order chi connectivity index (χ0) is 12.7. The van der Waals surface area contributed by atoms with Gasteiger partial charge in [-0.2, -0.15) is 0 Å². The monoisotopic (exact) mass is 236 g/mol. The lowest BCUT2D eigenvalue weighted by molar-refractivity contribution is -0.148. The number of carbonyl (C=O) groups is 1. The molecule has 1 aromatic carbocycles. The van der Waals surface area contributed by atoms with Crippen molar-refractivity contribution in [3.8, 4) is 0 Å². The SMILES string of the molecule is CCOC(=O)C[C@](C)(O)CCc1ccccc1. The van der Waals surface area contributed by atoms with Gasteiger partial charge in [0.15, 0.2) is 0 Å². The average Bonchev–Trinajstić information content (AvgIpc) is 2.27. The highest BCUT2D eigenvalue weighted by molar-refractivity contribution is 5.70. The van der Waals surface area contributed by atoms with Crippen molar-refractivity contribution in [2.24, 2.45) is 0 Å². The highest BCUT2D eigenvalue weighted by Gasteiger charge is 2.24.